The Labute approximate surface area is 129 Å². The van der Waals surface area contributed by atoms with Crippen LogP contribution >= 0.6 is 0 Å². The van der Waals surface area contributed by atoms with Gasteiger partial charge >= 0.3 is 0 Å². The normalized spacial score (nSPS) is 12.6. The second kappa shape index (κ2) is 6.39. The molecule has 0 N–H and O–H groups in total. The van der Waals surface area contributed by atoms with E-state index in [4.69, 9.17) is 18.9 Å². The van der Waals surface area contributed by atoms with E-state index >= 15 is 0 Å². The van der Waals surface area contributed by atoms with Crippen LogP contribution in [0, 0.1) is 0 Å². The molecule has 0 aliphatic carbocycles. The second-order valence-corrected chi connectivity index (χ2v) is 4.61. The standard InChI is InChI=1S/C17H17NO4/c1-3-20-15-9-17-16(21-11-22-17)8-12(15)10-18-13-6-4-5-7-14(13)19-2/h4-10H,3,11H2,1-2H3. The van der Waals surface area contributed by atoms with Gasteiger partial charge in [0.2, 0.25) is 6.79 Å². The van der Waals surface area contributed by atoms with Gasteiger partial charge in [0.05, 0.1) is 13.7 Å². The molecule has 5 heteroatoms. The molecule has 1 aliphatic heterocycles. The van der Waals surface area contributed by atoms with E-state index in [2.05, 4.69) is 4.99 Å². The molecule has 3 rings (SSSR count). The van der Waals surface area contributed by atoms with Crippen molar-refractivity contribution in [3.8, 4) is 23.0 Å². The summed E-state index contributed by atoms with van der Waals surface area (Å²) in [5, 5.41) is 0. The second-order valence-electron chi connectivity index (χ2n) is 4.61. The Morgan fingerprint density at radius 3 is 2.68 bits per heavy atom. The van der Waals surface area contributed by atoms with Crippen molar-refractivity contribution in [1.82, 2.24) is 0 Å². The van der Waals surface area contributed by atoms with E-state index in [0.717, 1.165) is 17.0 Å². The topological polar surface area (TPSA) is 49.3 Å². The van der Waals surface area contributed by atoms with E-state index in [-0.39, 0.29) is 6.79 Å². The van der Waals surface area contributed by atoms with Crippen molar-refractivity contribution in [2.24, 2.45) is 4.99 Å². The van der Waals surface area contributed by atoms with Crippen LogP contribution in [0.25, 0.3) is 0 Å². The quantitative estimate of drug-likeness (QED) is 0.792. The van der Waals surface area contributed by atoms with Crippen LogP contribution in [0.3, 0.4) is 0 Å². The smallest absolute Gasteiger partial charge is 0.231 e. The Kier molecular flexibility index (Phi) is 4.14. The third kappa shape index (κ3) is 2.83. The highest BCUT2D eigenvalue weighted by Gasteiger charge is 2.17. The first-order chi connectivity index (χ1) is 10.8. The Morgan fingerprint density at radius 2 is 1.91 bits per heavy atom. The van der Waals surface area contributed by atoms with Crippen molar-refractivity contribution in [2.75, 3.05) is 20.5 Å². The SMILES string of the molecule is CCOc1cc2c(cc1C=Nc1ccccc1OC)OCO2. The number of benzene rings is 2. The molecule has 2 aromatic carbocycles. The van der Waals surface area contributed by atoms with Gasteiger partial charge in [-0.25, -0.2) is 0 Å². The average molecular weight is 299 g/mol. The molecule has 0 unspecified atom stereocenters. The molecule has 0 amide bonds. The molecule has 1 heterocycles. The average Bonchev–Trinajstić information content (AvgIpc) is 3.00. The van der Waals surface area contributed by atoms with Gasteiger partial charge in [0.15, 0.2) is 11.5 Å². The number of methoxy groups -OCH3 is 1. The van der Waals surface area contributed by atoms with Gasteiger partial charge in [-0.3, -0.25) is 4.99 Å². The first-order valence-corrected chi connectivity index (χ1v) is 7.05. The van der Waals surface area contributed by atoms with Gasteiger partial charge < -0.3 is 18.9 Å². The fraction of sp³-hybridized carbons (Fsp3) is 0.235. The van der Waals surface area contributed by atoms with Crippen molar-refractivity contribution in [1.29, 1.82) is 0 Å². The third-order valence-electron chi connectivity index (χ3n) is 3.23. The molecule has 0 bridgehead atoms. The zero-order valence-corrected chi connectivity index (χ0v) is 12.5. The number of aliphatic imine (C=N–C) groups is 1. The summed E-state index contributed by atoms with van der Waals surface area (Å²) in [6, 6.07) is 11.3. The highest BCUT2D eigenvalue weighted by Crippen LogP contribution is 2.38. The van der Waals surface area contributed by atoms with Crippen molar-refractivity contribution in [3.05, 3.63) is 42.0 Å². The number of hydrogen-bond donors (Lipinski definition) is 0. The zero-order valence-electron chi connectivity index (χ0n) is 12.5. The van der Waals surface area contributed by atoms with E-state index in [1.54, 1.807) is 13.3 Å². The summed E-state index contributed by atoms with van der Waals surface area (Å²) >= 11 is 0. The molecule has 114 valence electrons. The van der Waals surface area contributed by atoms with Crippen molar-refractivity contribution in [3.63, 3.8) is 0 Å². The number of hydrogen-bond acceptors (Lipinski definition) is 5. The molecule has 5 nitrogen and oxygen atoms in total. The van der Waals surface area contributed by atoms with Gasteiger partial charge in [0.25, 0.3) is 0 Å². The van der Waals surface area contributed by atoms with Crippen molar-refractivity contribution in [2.45, 2.75) is 6.92 Å². The van der Waals surface area contributed by atoms with E-state index in [1.807, 2.05) is 43.3 Å². The molecule has 0 atom stereocenters. The van der Waals surface area contributed by atoms with Crippen LogP contribution in [0.15, 0.2) is 41.4 Å². The van der Waals surface area contributed by atoms with Crippen LogP contribution < -0.4 is 18.9 Å². The van der Waals surface area contributed by atoms with Crippen LogP contribution in [0.1, 0.15) is 12.5 Å². The lowest BCUT2D eigenvalue weighted by atomic mass is 10.2. The van der Waals surface area contributed by atoms with Gasteiger partial charge in [-0.2, -0.15) is 0 Å². The number of rotatable bonds is 5. The zero-order chi connectivity index (χ0) is 15.4. The minimum absolute atomic E-state index is 0.230. The summed E-state index contributed by atoms with van der Waals surface area (Å²) in [6.45, 7) is 2.73. The molecule has 1 aliphatic rings. The maximum Gasteiger partial charge on any atom is 0.231 e. The Balaban J connectivity index is 1.95. The summed E-state index contributed by atoms with van der Waals surface area (Å²) in [5.74, 6) is 2.82. The summed E-state index contributed by atoms with van der Waals surface area (Å²) in [7, 11) is 1.63. The minimum Gasteiger partial charge on any atom is -0.494 e. The number of fused-ring (bicyclic) bond motifs is 1. The van der Waals surface area contributed by atoms with Crippen molar-refractivity contribution >= 4 is 11.9 Å². The van der Waals surface area contributed by atoms with Gasteiger partial charge in [-0.1, -0.05) is 12.1 Å². The lowest BCUT2D eigenvalue weighted by Gasteiger charge is -2.08. The van der Waals surface area contributed by atoms with Crippen LogP contribution in [-0.4, -0.2) is 26.7 Å². The number of ether oxygens (including phenoxy) is 4. The highest BCUT2D eigenvalue weighted by atomic mass is 16.7. The first kappa shape index (κ1) is 14.3. The molecule has 0 saturated heterocycles. The van der Waals surface area contributed by atoms with Gasteiger partial charge in [0, 0.05) is 17.8 Å². The fourth-order valence-corrected chi connectivity index (χ4v) is 2.20. The van der Waals surface area contributed by atoms with Crippen molar-refractivity contribution < 1.29 is 18.9 Å². The first-order valence-electron chi connectivity index (χ1n) is 7.05. The van der Waals surface area contributed by atoms with E-state index in [0.29, 0.717) is 23.9 Å². The van der Waals surface area contributed by atoms with Crippen LogP contribution in [-0.2, 0) is 0 Å². The Hall–Kier alpha value is -2.69. The lowest BCUT2D eigenvalue weighted by Crippen LogP contribution is -1.96. The third-order valence-corrected chi connectivity index (χ3v) is 3.23. The predicted molar refractivity (Wildman–Crippen MR) is 84.0 cm³/mol. The van der Waals surface area contributed by atoms with Crippen LogP contribution in [0.2, 0.25) is 0 Å². The Morgan fingerprint density at radius 1 is 1.14 bits per heavy atom. The maximum absolute atomic E-state index is 5.65. The van der Waals surface area contributed by atoms with E-state index in [1.165, 1.54) is 0 Å². The number of nitrogens with zero attached hydrogens (tertiary/aromatic N) is 1. The van der Waals surface area contributed by atoms with Gasteiger partial charge in [0.1, 0.15) is 17.2 Å². The van der Waals surface area contributed by atoms with E-state index in [9.17, 15) is 0 Å². The molecular formula is C17H17NO4. The predicted octanol–water partition coefficient (Wildman–Crippen LogP) is 3.57. The largest absolute Gasteiger partial charge is 0.494 e. The summed E-state index contributed by atoms with van der Waals surface area (Å²) in [6.07, 6.45) is 1.74. The Bertz CT molecular complexity index is 697. The summed E-state index contributed by atoms with van der Waals surface area (Å²) < 4.78 is 21.7. The highest BCUT2D eigenvalue weighted by molar-refractivity contribution is 5.87. The number of para-hydroxylation sites is 2. The van der Waals surface area contributed by atoms with E-state index < -0.39 is 0 Å². The molecule has 22 heavy (non-hydrogen) atoms. The molecule has 0 saturated carbocycles. The molecular weight excluding hydrogens is 282 g/mol. The maximum atomic E-state index is 5.65. The molecule has 0 radical (unpaired) electrons. The van der Waals surface area contributed by atoms with Crippen LogP contribution in [0.4, 0.5) is 5.69 Å². The molecule has 0 aromatic heterocycles. The lowest BCUT2D eigenvalue weighted by molar-refractivity contribution is 0.174. The fourth-order valence-electron chi connectivity index (χ4n) is 2.20. The molecule has 0 fully saturated rings. The summed E-state index contributed by atoms with van der Waals surface area (Å²) in [5.41, 5.74) is 1.59. The van der Waals surface area contributed by atoms with Gasteiger partial charge in [-0.15, -0.1) is 0 Å². The summed E-state index contributed by atoms with van der Waals surface area (Å²) in [4.78, 5) is 4.49. The van der Waals surface area contributed by atoms with Gasteiger partial charge in [-0.05, 0) is 25.1 Å². The molecule has 2 aromatic rings. The minimum atomic E-state index is 0.230. The molecule has 0 spiro atoms. The van der Waals surface area contributed by atoms with Crippen LogP contribution in [0.5, 0.6) is 23.0 Å². The monoisotopic (exact) mass is 299 g/mol.